The van der Waals surface area contributed by atoms with E-state index in [4.69, 9.17) is 27.6 Å². The molecule has 0 atom stereocenters. The molecule has 2 aromatic heterocycles. The molecule has 0 saturated carbocycles. The number of furan rings is 1. The Morgan fingerprint density at radius 3 is 2.79 bits per heavy atom. The predicted octanol–water partition coefficient (Wildman–Crippen LogP) is 5.65. The number of aromatic nitrogens is 2. The summed E-state index contributed by atoms with van der Waals surface area (Å²) >= 11 is 14.9. The van der Waals surface area contributed by atoms with Gasteiger partial charge in [0.1, 0.15) is 16.5 Å². The number of benzene rings is 1. The van der Waals surface area contributed by atoms with E-state index in [9.17, 15) is 4.79 Å². The molecule has 0 radical (unpaired) electrons. The van der Waals surface area contributed by atoms with Crippen LogP contribution in [0.2, 0.25) is 10.0 Å². The monoisotopic (exact) mass is 450 g/mol. The molecule has 1 saturated heterocycles. The maximum absolute atomic E-state index is 12.5. The normalized spacial score (nSPS) is 17.3. The van der Waals surface area contributed by atoms with E-state index in [1.807, 2.05) is 6.92 Å². The fraction of sp³-hybridized carbons (Fsp3) is 0.111. The number of aryl methyl sites for hydroxylation is 1. The van der Waals surface area contributed by atoms with Crippen LogP contribution in [0.1, 0.15) is 10.8 Å². The topological polar surface area (TPSA) is 71.6 Å². The third kappa shape index (κ3) is 3.86. The maximum Gasteiger partial charge on any atom is 0.266 e. The van der Waals surface area contributed by atoms with Crippen molar-refractivity contribution in [3.63, 3.8) is 0 Å². The standard InChI is InChI=1S/C18H12Cl2N4O2S2/c1-9-22-23-17(27-9)21-18-24(2)16(25)15(28-18)8-11-4-6-14(26-11)12-7-10(19)3-5-13(12)20/h3-8H,1-2H3/b15-8+,21-18+. The van der Waals surface area contributed by atoms with E-state index in [2.05, 4.69) is 15.2 Å². The number of amidine groups is 1. The first kappa shape index (κ1) is 19.2. The summed E-state index contributed by atoms with van der Waals surface area (Å²) in [7, 11) is 1.67. The van der Waals surface area contributed by atoms with Gasteiger partial charge in [0.2, 0.25) is 5.13 Å². The van der Waals surface area contributed by atoms with Gasteiger partial charge in [0, 0.05) is 23.7 Å². The van der Waals surface area contributed by atoms with E-state index in [1.54, 1.807) is 43.5 Å². The molecule has 1 aromatic carbocycles. The summed E-state index contributed by atoms with van der Waals surface area (Å²) in [6, 6.07) is 8.72. The van der Waals surface area contributed by atoms with Gasteiger partial charge in [0.25, 0.3) is 5.91 Å². The number of hydrogen-bond donors (Lipinski definition) is 0. The Balaban J connectivity index is 1.61. The zero-order chi connectivity index (χ0) is 19.8. The summed E-state index contributed by atoms with van der Waals surface area (Å²) in [6.07, 6.45) is 1.68. The number of thioether (sulfide) groups is 1. The molecule has 6 nitrogen and oxygen atoms in total. The second kappa shape index (κ2) is 7.71. The summed E-state index contributed by atoms with van der Waals surface area (Å²) in [5, 5.41) is 10.9. The Morgan fingerprint density at radius 1 is 1.21 bits per heavy atom. The van der Waals surface area contributed by atoms with E-state index >= 15 is 0 Å². The first-order chi connectivity index (χ1) is 13.4. The van der Waals surface area contributed by atoms with Crippen molar-refractivity contribution in [1.29, 1.82) is 0 Å². The Morgan fingerprint density at radius 2 is 2.04 bits per heavy atom. The lowest BCUT2D eigenvalue weighted by Gasteiger charge is -2.05. The number of hydrogen-bond acceptors (Lipinski definition) is 7. The lowest BCUT2D eigenvalue weighted by atomic mass is 10.2. The molecule has 0 spiro atoms. The number of carbonyl (C=O) groups excluding carboxylic acids is 1. The molecule has 0 unspecified atom stereocenters. The summed E-state index contributed by atoms with van der Waals surface area (Å²) in [6.45, 7) is 1.85. The average Bonchev–Trinajstić information content (AvgIpc) is 3.35. The first-order valence-electron chi connectivity index (χ1n) is 8.02. The maximum atomic E-state index is 12.5. The van der Waals surface area contributed by atoms with Gasteiger partial charge in [0.15, 0.2) is 5.17 Å². The average molecular weight is 451 g/mol. The fourth-order valence-corrected chi connectivity index (χ4v) is 4.40. The highest BCUT2D eigenvalue weighted by Crippen LogP contribution is 2.36. The van der Waals surface area contributed by atoms with Crippen molar-refractivity contribution in [2.24, 2.45) is 4.99 Å². The highest BCUT2D eigenvalue weighted by Gasteiger charge is 2.31. The quantitative estimate of drug-likeness (QED) is 0.482. The number of carbonyl (C=O) groups is 1. The molecule has 3 aromatic rings. The van der Waals surface area contributed by atoms with Gasteiger partial charge in [-0.05, 0) is 49.0 Å². The number of rotatable bonds is 3. The molecule has 1 aliphatic heterocycles. The number of aliphatic imine (C=N–C) groups is 1. The van der Waals surface area contributed by atoms with Crippen LogP contribution < -0.4 is 0 Å². The molecule has 28 heavy (non-hydrogen) atoms. The van der Waals surface area contributed by atoms with Gasteiger partial charge in [0.05, 0.1) is 9.93 Å². The number of amides is 1. The number of halogens is 2. The minimum absolute atomic E-state index is 0.163. The van der Waals surface area contributed by atoms with Crippen LogP contribution >= 0.6 is 46.3 Å². The van der Waals surface area contributed by atoms with Crippen molar-refractivity contribution in [3.8, 4) is 11.3 Å². The highest BCUT2D eigenvalue weighted by molar-refractivity contribution is 8.18. The third-order valence-electron chi connectivity index (χ3n) is 3.80. The Bertz CT molecular complexity index is 1140. The second-order valence-corrected chi connectivity index (χ2v) is 8.81. The van der Waals surface area contributed by atoms with Gasteiger partial charge in [-0.2, -0.15) is 4.99 Å². The van der Waals surface area contributed by atoms with Crippen molar-refractivity contribution in [2.75, 3.05) is 7.05 Å². The smallest absolute Gasteiger partial charge is 0.266 e. The highest BCUT2D eigenvalue weighted by atomic mass is 35.5. The van der Waals surface area contributed by atoms with Gasteiger partial charge < -0.3 is 4.42 Å². The number of likely N-dealkylation sites (N-methyl/N-ethyl adjacent to an activating group) is 1. The van der Waals surface area contributed by atoms with Crippen LogP contribution in [0, 0.1) is 6.92 Å². The molecule has 142 valence electrons. The van der Waals surface area contributed by atoms with Gasteiger partial charge in [-0.15, -0.1) is 10.2 Å². The van der Waals surface area contributed by atoms with Gasteiger partial charge >= 0.3 is 0 Å². The Labute approximate surface area is 178 Å². The zero-order valence-corrected chi connectivity index (χ0v) is 17.8. The molecule has 4 rings (SSSR count). The molecule has 0 bridgehead atoms. The van der Waals surface area contributed by atoms with Crippen molar-refractivity contribution < 1.29 is 9.21 Å². The van der Waals surface area contributed by atoms with E-state index in [0.717, 1.165) is 5.01 Å². The third-order valence-corrected chi connectivity index (χ3v) is 6.16. The summed E-state index contributed by atoms with van der Waals surface area (Å²) < 4.78 is 5.84. The van der Waals surface area contributed by atoms with E-state index in [-0.39, 0.29) is 5.91 Å². The van der Waals surface area contributed by atoms with Crippen LogP contribution in [0.3, 0.4) is 0 Å². The van der Waals surface area contributed by atoms with Crippen molar-refractivity contribution in [3.05, 3.63) is 56.1 Å². The van der Waals surface area contributed by atoms with Crippen LogP contribution in [0.5, 0.6) is 0 Å². The molecule has 10 heteroatoms. The van der Waals surface area contributed by atoms with Crippen molar-refractivity contribution >= 4 is 68.6 Å². The second-order valence-electron chi connectivity index (χ2n) is 5.80. The van der Waals surface area contributed by atoms with E-state index < -0.39 is 0 Å². The lowest BCUT2D eigenvalue weighted by Crippen LogP contribution is -2.23. The Kier molecular flexibility index (Phi) is 5.29. The van der Waals surface area contributed by atoms with Crippen molar-refractivity contribution in [1.82, 2.24) is 15.1 Å². The molecule has 1 aliphatic rings. The van der Waals surface area contributed by atoms with E-state index in [0.29, 0.717) is 42.3 Å². The van der Waals surface area contributed by atoms with E-state index in [1.165, 1.54) is 28.0 Å². The molecule has 1 fully saturated rings. The van der Waals surface area contributed by atoms with Gasteiger partial charge in [-0.3, -0.25) is 9.69 Å². The van der Waals surface area contributed by atoms with Crippen LogP contribution in [-0.4, -0.2) is 33.2 Å². The molecule has 1 amide bonds. The molecular formula is C18H12Cl2N4O2S2. The van der Waals surface area contributed by atoms with Crippen LogP contribution in [-0.2, 0) is 4.79 Å². The minimum Gasteiger partial charge on any atom is -0.457 e. The summed E-state index contributed by atoms with van der Waals surface area (Å²) in [4.78, 5) is 18.9. The Hall–Kier alpha value is -2.13. The fourth-order valence-electron chi connectivity index (χ4n) is 2.46. The minimum atomic E-state index is -0.163. The SMILES string of the molecule is Cc1nnc(/N=C2/S/C(=C/c3ccc(-c4cc(Cl)ccc4Cl)o3)C(=O)N2C)s1. The molecule has 3 heterocycles. The van der Waals surface area contributed by atoms with Crippen LogP contribution in [0.25, 0.3) is 17.4 Å². The van der Waals surface area contributed by atoms with Crippen LogP contribution in [0.4, 0.5) is 5.13 Å². The largest absolute Gasteiger partial charge is 0.457 e. The zero-order valence-electron chi connectivity index (χ0n) is 14.6. The molecule has 0 aliphatic carbocycles. The predicted molar refractivity (Wildman–Crippen MR) is 114 cm³/mol. The summed E-state index contributed by atoms with van der Waals surface area (Å²) in [5.74, 6) is 0.938. The lowest BCUT2D eigenvalue weighted by molar-refractivity contribution is -0.121. The van der Waals surface area contributed by atoms with Gasteiger partial charge in [-0.25, -0.2) is 0 Å². The van der Waals surface area contributed by atoms with Crippen molar-refractivity contribution in [2.45, 2.75) is 6.92 Å². The first-order valence-corrected chi connectivity index (χ1v) is 10.4. The van der Waals surface area contributed by atoms with Gasteiger partial charge in [-0.1, -0.05) is 34.5 Å². The number of nitrogens with zero attached hydrogens (tertiary/aromatic N) is 4. The molecule has 0 N–H and O–H groups in total. The molecular weight excluding hydrogens is 439 g/mol. The van der Waals surface area contributed by atoms with Crippen LogP contribution in [0.15, 0.2) is 44.6 Å². The summed E-state index contributed by atoms with van der Waals surface area (Å²) in [5.41, 5.74) is 0.690.